The standard InChI is InChI=1S/C25H32N6O4/c1-18-21(22-23(27-17-28-25(22)35-18)31-13-15-34-16-14-31)24(32)26-7-8-29-9-11-30(12-10-29)19-3-5-20(33-2)6-4-19/h3-6,17H,7-16H2,1-2H3,(H,26,32). The van der Waals surface area contributed by atoms with Crippen LogP contribution in [-0.4, -0.2) is 93.5 Å². The number of aryl methyl sites for hydroxylation is 1. The first-order valence-corrected chi connectivity index (χ1v) is 12.1. The Hall–Kier alpha value is -3.37. The van der Waals surface area contributed by atoms with E-state index in [9.17, 15) is 4.79 Å². The highest BCUT2D eigenvalue weighted by Crippen LogP contribution is 2.31. The van der Waals surface area contributed by atoms with Crippen LogP contribution in [0.1, 0.15) is 16.1 Å². The van der Waals surface area contributed by atoms with E-state index in [2.05, 4.69) is 42.1 Å². The van der Waals surface area contributed by atoms with Gasteiger partial charge in [-0.1, -0.05) is 0 Å². The van der Waals surface area contributed by atoms with Gasteiger partial charge in [0.1, 0.15) is 23.7 Å². The van der Waals surface area contributed by atoms with Crippen LogP contribution in [0.4, 0.5) is 11.5 Å². The molecule has 0 spiro atoms. The van der Waals surface area contributed by atoms with Crippen LogP contribution in [0.25, 0.3) is 11.1 Å². The number of morpholine rings is 1. The van der Waals surface area contributed by atoms with Crippen LogP contribution >= 0.6 is 0 Å². The number of ether oxygens (including phenoxy) is 2. The molecule has 2 aliphatic heterocycles. The zero-order valence-electron chi connectivity index (χ0n) is 20.3. The fourth-order valence-corrected chi connectivity index (χ4v) is 4.76. The second-order valence-electron chi connectivity index (χ2n) is 8.79. The van der Waals surface area contributed by atoms with E-state index in [0.29, 0.717) is 42.2 Å². The van der Waals surface area contributed by atoms with Crippen LogP contribution in [-0.2, 0) is 4.74 Å². The molecule has 10 nitrogen and oxygen atoms in total. The van der Waals surface area contributed by atoms with Crippen molar-refractivity contribution in [2.75, 3.05) is 82.5 Å². The van der Waals surface area contributed by atoms with Crippen molar-refractivity contribution in [3.63, 3.8) is 0 Å². The van der Waals surface area contributed by atoms with Crippen LogP contribution in [0.5, 0.6) is 5.75 Å². The van der Waals surface area contributed by atoms with Crippen LogP contribution in [0.2, 0.25) is 0 Å². The number of fused-ring (bicyclic) bond motifs is 1. The molecule has 0 radical (unpaired) electrons. The summed E-state index contributed by atoms with van der Waals surface area (Å²) < 4.78 is 16.5. The lowest BCUT2D eigenvalue weighted by Gasteiger charge is -2.36. The van der Waals surface area contributed by atoms with Gasteiger partial charge in [0.15, 0.2) is 0 Å². The predicted octanol–water partition coefficient (Wildman–Crippen LogP) is 1.93. The minimum absolute atomic E-state index is 0.151. The molecule has 5 rings (SSSR count). The third-order valence-corrected chi connectivity index (χ3v) is 6.71. The van der Waals surface area contributed by atoms with Crippen molar-refractivity contribution in [1.82, 2.24) is 20.2 Å². The van der Waals surface area contributed by atoms with Gasteiger partial charge in [0, 0.05) is 58.0 Å². The summed E-state index contributed by atoms with van der Waals surface area (Å²) in [5.41, 5.74) is 2.17. The molecule has 35 heavy (non-hydrogen) atoms. The number of furan rings is 1. The predicted molar refractivity (Wildman–Crippen MR) is 134 cm³/mol. The smallest absolute Gasteiger partial charge is 0.255 e. The Morgan fingerprint density at radius 3 is 2.49 bits per heavy atom. The normalized spacial score (nSPS) is 17.1. The summed E-state index contributed by atoms with van der Waals surface area (Å²) in [5, 5.41) is 3.76. The van der Waals surface area contributed by atoms with Crippen molar-refractivity contribution in [1.29, 1.82) is 0 Å². The molecule has 1 N–H and O–H groups in total. The number of nitrogens with zero attached hydrogens (tertiary/aromatic N) is 5. The highest BCUT2D eigenvalue weighted by Gasteiger charge is 2.26. The number of amides is 1. The van der Waals surface area contributed by atoms with Gasteiger partial charge in [-0.15, -0.1) is 0 Å². The number of aromatic nitrogens is 2. The highest BCUT2D eigenvalue weighted by molar-refractivity contribution is 6.10. The van der Waals surface area contributed by atoms with Crippen LogP contribution < -0.4 is 19.9 Å². The fourth-order valence-electron chi connectivity index (χ4n) is 4.76. The van der Waals surface area contributed by atoms with E-state index < -0.39 is 0 Å². The van der Waals surface area contributed by atoms with Crippen molar-refractivity contribution in [3.8, 4) is 5.75 Å². The molecule has 0 atom stereocenters. The molecule has 1 amide bonds. The van der Waals surface area contributed by atoms with Crippen molar-refractivity contribution < 1.29 is 18.7 Å². The quantitative estimate of drug-likeness (QED) is 0.544. The minimum Gasteiger partial charge on any atom is -0.497 e. The SMILES string of the molecule is COc1ccc(N2CCN(CCNC(=O)c3c(C)oc4ncnc(N5CCOCC5)c34)CC2)cc1. The fraction of sp³-hybridized carbons (Fsp3) is 0.480. The average Bonchev–Trinajstić information content (AvgIpc) is 3.25. The maximum absolute atomic E-state index is 13.2. The van der Waals surface area contributed by atoms with Gasteiger partial charge >= 0.3 is 0 Å². The van der Waals surface area contributed by atoms with Crippen LogP contribution in [0.3, 0.4) is 0 Å². The first-order chi connectivity index (χ1) is 17.1. The third-order valence-electron chi connectivity index (χ3n) is 6.71. The number of benzene rings is 1. The van der Waals surface area contributed by atoms with E-state index >= 15 is 0 Å². The highest BCUT2D eigenvalue weighted by atomic mass is 16.5. The molecule has 2 aliphatic rings. The topological polar surface area (TPSA) is 96.2 Å². The number of piperazine rings is 1. The Labute approximate surface area is 204 Å². The van der Waals surface area contributed by atoms with Gasteiger partial charge in [0.25, 0.3) is 5.91 Å². The monoisotopic (exact) mass is 480 g/mol. The van der Waals surface area contributed by atoms with Gasteiger partial charge in [0.2, 0.25) is 5.71 Å². The van der Waals surface area contributed by atoms with Crippen molar-refractivity contribution >= 4 is 28.5 Å². The average molecular weight is 481 g/mol. The first-order valence-electron chi connectivity index (χ1n) is 12.1. The van der Waals surface area contributed by atoms with E-state index in [1.54, 1.807) is 14.0 Å². The molecule has 0 unspecified atom stereocenters. The Bertz CT molecular complexity index is 1150. The van der Waals surface area contributed by atoms with Gasteiger partial charge in [-0.2, -0.15) is 0 Å². The van der Waals surface area contributed by atoms with Crippen LogP contribution in [0, 0.1) is 6.92 Å². The number of methoxy groups -OCH3 is 1. The second kappa shape index (κ2) is 10.5. The molecular weight excluding hydrogens is 448 g/mol. The Morgan fingerprint density at radius 2 is 1.77 bits per heavy atom. The summed E-state index contributed by atoms with van der Waals surface area (Å²) in [6.45, 7) is 9.67. The number of hydrogen-bond acceptors (Lipinski definition) is 9. The summed E-state index contributed by atoms with van der Waals surface area (Å²) in [6, 6.07) is 8.19. The summed E-state index contributed by atoms with van der Waals surface area (Å²) in [7, 11) is 1.68. The van der Waals surface area contributed by atoms with Gasteiger partial charge in [0.05, 0.1) is 31.3 Å². The van der Waals surface area contributed by atoms with Gasteiger partial charge in [-0.25, -0.2) is 9.97 Å². The maximum atomic E-state index is 13.2. The van der Waals surface area contributed by atoms with E-state index in [4.69, 9.17) is 13.9 Å². The molecule has 2 aromatic heterocycles. The lowest BCUT2D eigenvalue weighted by molar-refractivity contribution is 0.0947. The van der Waals surface area contributed by atoms with Gasteiger partial charge < -0.3 is 29.0 Å². The molecular formula is C25H32N6O4. The molecule has 186 valence electrons. The van der Waals surface area contributed by atoms with Crippen molar-refractivity contribution in [3.05, 3.63) is 41.9 Å². The maximum Gasteiger partial charge on any atom is 0.255 e. The molecule has 0 aliphatic carbocycles. The zero-order chi connectivity index (χ0) is 24.2. The molecule has 1 aromatic carbocycles. The lowest BCUT2D eigenvalue weighted by atomic mass is 10.1. The number of nitrogens with one attached hydrogen (secondary N) is 1. The van der Waals surface area contributed by atoms with Crippen molar-refractivity contribution in [2.45, 2.75) is 6.92 Å². The summed E-state index contributed by atoms with van der Waals surface area (Å²) in [6.07, 6.45) is 1.49. The van der Waals surface area contributed by atoms with Gasteiger partial charge in [-0.05, 0) is 31.2 Å². The number of hydrogen-bond donors (Lipinski definition) is 1. The molecule has 3 aromatic rings. The van der Waals surface area contributed by atoms with E-state index in [1.165, 1.54) is 12.0 Å². The number of carbonyl (C=O) groups is 1. The van der Waals surface area contributed by atoms with E-state index in [1.807, 2.05) is 12.1 Å². The summed E-state index contributed by atoms with van der Waals surface area (Å²) in [5.74, 6) is 2.00. The third kappa shape index (κ3) is 5.03. The largest absolute Gasteiger partial charge is 0.497 e. The molecule has 2 fully saturated rings. The van der Waals surface area contributed by atoms with Crippen molar-refractivity contribution in [2.24, 2.45) is 0 Å². The van der Waals surface area contributed by atoms with E-state index in [0.717, 1.165) is 57.4 Å². The summed E-state index contributed by atoms with van der Waals surface area (Å²) >= 11 is 0. The van der Waals surface area contributed by atoms with Gasteiger partial charge in [-0.3, -0.25) is 9.69 Å². The Balaban J connectivity index is 1.18. The summed E-state index contributed by atoms with van der Waals surface area (Å²) in [4.78, 5) is 28.8. The zero-order valence-corrected chi connectivity index (χ0v) is 20.3. The number of anilines is 2. The Morgan fingerprint density at radius 1 is 1.03 bits per heavy atom. The first kappa shape index (κ1) is 23.4. The van der Waals surface area contributed by atoms with E-state index in [-0.39, 0.29) is 5.91 Å². The second-order valence-corrected chi connectivity index (χ2v) is 8.79. The Kier molecular flexibility index (Phi) is 7.01. The minimum atomic E-state index is -0.151. The molecule has 0 bridgehead atoms. The number of carbonyl (C=O) groups excluding carboxylic acids is 1. The molecule has 10 heteroatoms. The number of rotatable bonds is 7. The molecule has 2 saturated heterocycles. The van der Waals surface area contributed by atoms with Crippen LogP contribution in [0.15, 0.2) is 35.0 Å². The lowest BCUT2D eigenvalue weighted by Crippen LogP contribution is -2.48. The molecule has 4 heterocycles. The molecule has 0 saturated carbocycles.